The van der Waals surface area contributed by atoms with Crippen molar-refractivity contribution in [2.45, 2.75) is 6.54 Å². The Kier molecular flexibility index (Phi) is 6.59. The molecular weight excluding hydrogens is 441 g/mol. The molecule has 2 amide bonds. The van der Waals surface area contributed by atoms with Gasteiger partial charge in [-0.15, -0.1) is 0 Å². The van der Waals surface area contributed by atoms with Crippen LogP contribution in [-0.2, 0) is 6.54 Å². The second-order valence-electron chi connectivity index (χ2n) is 5.80. The minimum absolute atomic E-state index is 0.0128. The molecule has 1 aromatic carbocycles. The largest absolute Gasteiger partial charge is 0.350 e. The lowest BCUT2D eigenvalue weighted by Gasteiger charge is -2.07. The number of nitro groups is 1. The van der Waals surface area contributed by atoms with Crippen molar-refractivity contribution in [1.82, 2.24) is 30.6 Å². The average molecular weight is 454 g/mol. The highest BCUT2D eigenvalue weighted by Crippen LogP contribution is 2.20. The van der Waals surface area contributed by atoms with Crippen LogP contribution in [0.25, 0.3) is 0 Å². The molecule has 30 heavy (non-hydrogen) atoms. The van der Waals surface area contributed by atoms with E-state index in [1.807, 2.05) is 0 Å². The summed E-state index contributed by atoms with van der Waals surface area (Å²) in [7, 11) is 0. The highest BCUT2D eigenvalue weighted by molar-refractivity contribution is 6.35. The van der Waals surface area contributed by atoms with Gasteiger partial charge < -0.3 is 15.2 Å². The topological polar surface area (TPSA) is 158 Å². The molecule has 0 bridgehead atoms. The lowest BCUT2D eigenvalue weighted by Crippen LogP contribution is -2.35. The van der Waals surface area contributed by atoms with Crippen molar-refractivity contribution in [2.75, 3.05) is 13.1 Å². The molecule has 156 valence electrons. The fourth-order valence-corrected chi connectivity index (χ4v) is 2.66. The Balaban J connectivity index is 1.46. The van der Waals surface area contributed by atoms with E-state index in [2.05, 4.69) is 25.9 Å². The van der Waals surface area contributed by atoms with Crippen LogP contribution in [0.5, 0.6) is 0 Å². The molecule has 3 rings (SSSR count). The van der Waals surface area contributed by atoms with E-state index in [1.165, 1.54) is 23.0 Å². The Hall–Kier alpha value is -3.51. The van der Waals surface area contributed by atoms with E-state index in [1.54, 1.807) is 6.07 Å². The summed E-state index contributed by atoms with van der Waals surface area (Å²) in [6.45, 7) is 0.193. The average Bonchev–Trinajstić information content (AvgIpc) is 3.37. The van der Waals surface area contributed by atoms with Crippen LogP contribution < -0.4 is 10.6 Å². The minimum Gasteiger partial charge on any atom is -0.350 e. The van der Waals surface area contributed by atoms with Crippen molar-refractivity contribution in [3.05, 3.63) is 68.0 Å². The third-order valence-electron chi connectivity index (χ3n) is 3.67. The predicted molar refractivity (Wildman–Crippen MR) is 103 cm³/mol. The Morgan fingerprint density at radius 1 is 1.20 bits per heavy atom. The summed E-state index contributed by atoms with van der Waals surface area (Å²) < 4.78 is 6.10. The minimum atomic E-state index is -0.643. The first-order valence-electron chi connectivity index (χ1n) is 8.34. The smallest absolute Gasteiger partial charge is 0.316 e. The number of rotatable bonds is 8. The molecule has 0 fully saturated rings. The van der Waals surface area contributed by atoms with Gasteiger partial charge in [0.2, 0.25) is 0 Å². The lowest BCUT2D eigenvalue weighted by molar-refractivity contribution is -0.385. The lowest BCUT2D eigenvalue weighted by atomic mass is 10.2. The van der Waals surface area contributed by atoms with Crippen molar-refractivity contribution in [2.24, 2.45) is 0 Å². The van der Waals surface area contributed by atoms with Gasteiger partial charge in [0.1, 0.15) is 18.9 Å². The summed E-state index contributed by atoms with van der Waals surface area (Å²) in [6.07, 6.45) is 2.28. The molecule has 0 spiro atoms. The van der Waals surface area contributed by atoms with E-state index < -0.39 is 16.7 Å². The maximum atomic E-state index is 12.1. The van der Waals surface area contributed by atoms with Gasteiger partial charge in [0, 0.05) is 18.1 Å². The first-order valence-corrected chi connectivity index (χ1v) is 9.10. The SMILES string of the molecule is O=C(NCCNC(=O)c1cc(Cl)ccc1Cl)c1nc(Cn2cc([N+](=O)[O-])cn2)no1. The molecule has 2 aromatic heterocycles. The highest BCUT2D eigenvalue weighted by atomic mass is 35.5. The van der Waals surface area contributed by atoms with Crippen LogP contribution in [0, 0.1) is 10.1 Å². The Morgan fingerprint density at radius 2 is 1.93 bits per heavy atom. The molecule has 0 atom stereocenters. The Bertz CT molecular complexity index is 1100. The van der Waals surface area contributed by atoms with Crippen LogP contribution in [0.3, 0.4) is 0 Å². The third-order valence-corrected chi connectivity index (χ3v) is 4.23. The molecule has 0 saturated carbocycles. The van der Waals surface area contributed by atoms with Crippen molar-refractivity contribution < 1.29 is 19.0 Å². The summed E-state index contributed by atoms with van der Waals surface area (Å²) in [5.41, 5.74) is 0.0356. The number of aromatic nitrogens is 4. The van der Waals surface area contributed by atoms with Gasteiger partial charge in [-0.1, -0.05) is 28.4 Å². The molecule has 2 N–H and O–H groups in total. The van der Waals surface area contributed by atoms with Gasteiger partial charge in [-0.3, -0.25) is 24.4 Å². The fourth-order valence-electron chi connectivity index (χ4n) is 2.28. The Labute approximate surface area is 178 Å². The zero-order chi connectivity index (χ0) is 21.7. The standard InChI is InChI=1S/C16H13Cl2N7O5/c17-9-1-2-12(18)11(5-9)14(26)19-3-4-20-15(27)16-22-13(23-30-16)8-24-7-10(6-21-24)25(28)29/h1-2,5-7H,3-4,8H2,(H,19,26)(H,20,27). The van der Waals surface area contributed by atoms with Gasteiger partial charge in [-0.05, 0) is 18.2 Å². The van der Waals surface area contributed by atoms with Crippen molar-refractivity contribution in [3.63, 3.8) is 0 Å². The second-order valence-corrected chi connectivity index (χ2v) is 6.65. The molecule has 0 aliphatic rings. The number of nitrogens with one attached hydrogen (secondary N) is 2. The number of nitrogens with zero attached hydrogens (tertiary/aromatic N) is 5. The Morgan fingerprint density at radius 3 is 2.63 bits per heavy atom. The molecule has 3 aromatic rings. The number of amides is 2. The van der Waals surface area contributed by atoms with E-state index in [0.29, 0.717) is 5.02 Å². The molecule has 2 heterocycles. The van der Waals surface area contributed by atoms with Gasteiger partial charge in [0.15, 0.2) is 5.82 Å². The van der Waals surface area contributed by atoms with Crippen LogP contribution in [0.1, 0.15) is 26.9 Å². The van der Waals surface area contributed by atoms with Crippen LogP contribution >= 0.6 is 23.2 Å². The van der Waals surface area contributed by atoms with Gasteiger partial charge >= 0.3 is 17.5 Å². The van der Waals surface area contributed by atoms with Gasteiger partial charge in [0.25, 0.3) is 5.91 Å². The fraction of sp³-hybridized carbons (Fsp3) is 0.188. The maximum Gasteiger partial charge on any atom is 0.316 e. The van der Waals surface area contributed by atoms with E-state index in [9.17, 15) is 19.7 Å². The van der Waals surface area contributed by atoms with Crippen molar-refractivity contribution in [3.8, 4) is 0 Å². The van der Waals surface area contributed by atoms with Crippen LogP contribution in [0.2, 0.25) is 10.0 Å². The summed E-state index contributed by atoms with van der Waals surface area (Å²) in [6, 6.07) is 4.51. The summed E-state index contributed by atoms with van der Waals surface area (Å²) >= 11 is 11.8. The van der Waals surface area contributed by atoms with E-state index >= 15 is 0 Å². The number of carbonyl (C=O) groups excluding carboxylic acids is 2. The monoisotopic (exact) mass is 453 g/mol. The number of carbonyl (C=O) groups is 2. The van der Waals surface area contributed by atoms with Gasteiger partial charge in [-0.2, -0.15) is 10.1 Å². The molecule has 14 heteroatoms. The van der Waals surface area contributed by atoms with Crippen LogP contribution in [-0.4, -0.2) is 49.7 Å². The van der Waals surface area contributed by atoms with E-state index in [-0.39, 0.29) is 47.6 Å². The zero-order valence-corrected chi connectivity index (χ0v) is 16.6. The molecule has 0 radical (unpaired) electrons. The summed E-state index contributed by atoms with van der Waals surface area (Å²) in [5.74, 6) is -1.27. The predicted octanol–water partition coefficient (Wildman–Crippen LogP) is 1.69. The first-order chi connectivity index (χ1) is 14.3. The van der Waals surface area contributed by atoms with Gasteiger partial charge in [0.05, 0.1) is 15.5 Å². The number of hydrogen-bond donors (Lipinski definition) is 2. The third kappa shape index (κ3) is 5.30. The van der Waals surface area contributed by atoms with Crippen LogP contribution in [0.4, 0.5) is 5.69 Å². The van der Waals surface area contributed by atoms with Crippen LogP contribution in [0.15, 0.2) is 35.1 Å². The molecular formula is C16H13Cl2N7O5. The van der Waals surface area contributed by atoms with Crippen molar-refractivity contribution >= 4 is 40.7 Å². The zero-order valence-electron chi connectivity index (χ0n) is 15.0. The molecule has 0 unspecified atom stereocenters. The number of benzene rings is 1. The van der Waals surface area contributed by atoms with E-state index in [0.717, 1.165) is 6.20 Å². The maximum absolute atomic E-state index is 12.1. The molecule has 0 saturated heterocycles. The van der Waals surface area contributed by atoms with Crippen molar-refractivity contribution in [1.29, 1.82) is 0 Å². The normalized spacial score (nSPS) is 10.6. The summed E-state index contributed by atoms with van der Waals surface area (Å²) in [4.78, 5) is 38.1. The molecule has 0 aliphatic carbocycles. The molecule has 12 nitrogen and oxygen atoms in total. The second kappa shape index (κ2) is 9.33. The molecule has 0 aliphatic heterocycles. The number of halogens is 2. The first kappa shape index (κ1) is 21.2. The highest BCUT2D eigenvalue weighted by Gasteiger charge is 2.17. The van der Waals surface area contributed by atoms with Gasteiger partial charge in [-0.25, -0.2) is 0 Å². The van der Waals surface area contributed by atoms with E-state index in [4.69, 9.17) is 27.7 Å². The summed E-state index contributed by atoms with van der Waals surface area (Å²) in [5, 5.41) is 23.8. The quantitative estimate of drug-likeness (QED) is 0.296. The number of hydrogen-bond acceptors (Lipinski definition) is 8.